The second-order valence-corrected chi connectivity index (χ2v) is 4.13. The van der Waals surface area contributed by atoms with E-state index in [1.165, 1.54) is 11.1 Å². The molecule has 0 aliphatic heterocycles. The van der Waals surface area contributed by atoms with Crippen LogP contribution in [0.15, 0.2) is 42.5 Å². The van der Waals surface area contributed by atoms with Gasteiger partial charge in [0.05, 0.1) is 6.04 Å². The highest BCUT2D eigenvalue weighted by Gasteiger charge is 2.15. The Morgan fingerprint density at radius 1 is 1.27 bits per heavy atom. The van der Waals surface area contributed by atoms with Crippen LogP contribution in [0.3, 0.4) is 0 Å². The van der Waals surface area contributed by atoms with Crippen LogP contribution in [0.4, 0.5) is 0 Å². The predicted octanol–water partition coefficient (Wildman–Crippen LogP) is 3.55. The largest absolute Gasteiger partial charge is 0.307 e. The Kier molecular flexibility index (Phi) is 4.57. The van der Waals surface area contributed by atoms with Crippen LogP contribution in [-0.2, 0) is 0 Å². The van der Waals surface area contributed by atoms with Crippen LogP contribution in [-0.4, -0.2) is 6.54 Å². The maximum absolute atomic E-state index is 4.19. The molecule has 0 saturated carbocycles. The zero-order valence-corrected chi connectivity index (χ0v) is 9.96. The van der Waals surface area contributed by atoms with E-state index >= 15 is 0 Å². The first-order valence-electron chi connectivity index (χ1n) is 5.63. The van der Waals surface area contributed by atoms with Gasteiger partial charge in [-0.05, 0) is 18.0 Å². The van der Waals surface area contributed by atoms with Gasteiger partial charge in [0, 0.05) is 0 Å². The molecule has 0 spiro atoms. The highest BCUT2D eigenvalue weighted by molar-refractivity contribution is 5.27. The Hall–Kier alpha value is -1.08. The second-order valence-electron chi connectivity index (χ2n) is 4.13. The van der Waals surface area contributed by atoms with E-state index in [-0.39, 0.29) is 6.04 Å². The molecule has 1 nitrogen and oxygen atoms in total. The van der Waals surface area contributed by atoms with Crippen molar-refractivity contribution in [1.82, 2.24) is 5.32 Å². The number of rotatable bonds is 5. The zero-order chi connectivity index (χ0) is 11.3. The van der Waals surface area contributed by atoms with Crippen molar-refractivity contribution in [3.63, 3.8) is 0 Å². The third kappa shape index (κ3) is 3.21. The first-order chi connectivity index (χ1) is 7.16. The van der Waals surface area contributed by atoms with E-state index in [1.54, 1.807) is 0 Å². The van der Waals surface area contributed by atoms with E-state index in [2.05, 4.69) is 56.9 Å². The number of nitrogens with one attached hydrogen (secondary N) is 1. The minimum absolute atomic E-state index is 0.288. The van der Waals surface area contributed by atoms with Gasteiger partial charge in [-0.3, -0.25) is 0 Å². The fourth-order valence-corrected chi connectivity index (χ4v) is 1.65. The number of benzene rings is 1. The highest BCUT2D eigenvalue weighted by atomic mass is 14.9. The molecule has 1 aromatic carbocycles. The van der Waals surface area contributed by atoms with Crippen LogP contribution in [0, 0.1) is 5.92 Å². The van der Waals surface area contributed by atoms with Crippen molar-refractivity contribution < 1.29 is 0 Å². The van der Waals surface area contributed by atoms with Crippen LogP contribution >= 0.6 is 0 Å². The molecule has 1 heteroatoms. The Bertz CT molecular complexity index is 300. The summed E-state index contributed by atoms with van der Waals surface area (Å²) in [4.78, 5) is 0. The Morgan fingerprint density at radius 3 is 2.33 bits per heavy atom. The van der Waals surface area contributed by atoms with Crippen molar-refractivity contribution in [3.05, 3.63) is 48.0 Å². The SMILES string of the molecule is C=C(C(C)C)C(NCC)c1ccccc1. The molecule has 0 saturated heterocycles. The predicted molar refractivity (Wildman–Crippen MR) is 66.8 cm³/mol. The van der Waals surface area contributed by atoms with Crippen molar-refractivity contribution in [2.45, 2.75) is 26.8 Å². The second kappa shape index (κ2) is 5.72. The molecule has 0 fully saturated rings. The molecule has 0 aliphatic rings. The van der Waals surface area contributed by atoms with Crippen molar-refractivity contribution in [1.29, 1.82) is 0 Å². The molecule has 0 heterocycles. The van der Waals surface area contributed by atoms with Gasteiger partial charge < -0.3 is 5.32 Å². The van der Waals surface area contributed by atoms with Gasteiger partial charge >= 0.3 is 0 Å². The van der Waals surface area contributed by atoms with Crippen LogP contribution in [0.2, 0.25) is 0 Å². The lowest BCUT2D eigenvalue weighted by atomic mass is 9.92. The van der Waals surface area contributed by atoms with E-state index in [4.69, 9.17) is 0 Å². The summed E-state index contributed by atoms with van der Waals surface area (Å²) in [6, 6.07) is 10.8. The summed E-state index contributed by atoms with van der Waals surface area (Å²) in [6.45, 7) is 11.7. The summed E-state index contributed by atoms with van der Waals surface area (Å²) >= 11 is 0. The van der Waals surface area contributed by atoms with Crippen molar-refractivity contribution >= 4 is 0 Å². The maximum atomic E-state index is 4.19. The third-order valence-corrected chi connectivity index (χ3v) is 2.65. The Balaban J connectivity index is 2.88. The topological polar surface area (TPSA) is 12.0 Å². The summed E-state index contributed by atoms with van der Waals surface area (Å²) in [5.74, 6) is 0.509. The van der Waals surface area contributed by atoms with Gasteiger partial charge in [-0.1, -0.05) is 63.3 Å². The summed E-state index contributed by atoms with van der Waals surface area (Å²) in [5, 5.41) is 3.48. The zero-order valence-electron chi connectivity index (χ0n) is 9.96. The van der Waals surface area contributed by atoms with Crippen LogP contribution < -0.4 is 5.32 Å². The molecule has 1 rings (SSSR count). The van der Waals surface area contributed by atoms with E-state index in [0.717, 1.165) is 6.54 Å². The lowest BCUT2D eigenvalue weighted by Crippen LogP contribution is -2.24. The molecule has 0 aliphatic carbocycles. The van der Waals surface area contributed by atoms with Gasteiger partial charge in [-0.15, -0.1) is 0 Å². The molecule has 15 heavy (non-hydrogen) atoms. The first kappa shape index (κ1) is 12.0. The van der Waals surface area contributed by atoms with Gasteiger partial charge in [0.15, 0.2) is 0 Å². The van der Waals surface area contributed by atoms with Gasteiger partial charge in [0.1, 0.15) is 0 Å². The molecule has 1 aromatic rings. The average Bonchev–Trinajstić information content (AvgIpc) is 2.26. The molecule has 0 aromatic heterocycles. The quantitative estimate of drug-likeness (QED) is 0.722. The monoisotopic (exact) mass is 203 g/mol. The summed E-state index contributed by atoms with van der Waals surface area (Å²) in [6.07, 6.45) is 0. The molecule has 1 atom stereocenters. The Labute approximate surface area is 93.2 Å². The number of hydrogen-bond donors (Lipinski definition) is 1. The summed E-state index contributed by atoms with van der Waals surface area (Å²) < 4.78 is 0. The van der Waals surface area contributed by atoms with Crippen molar-refractivity contribution in [2.75, 3.05) is 6.54 Å². The van der Waals surface area contributed by atoms with Gasteiger partial charge in [-0.25, -0.2) is 0 Å². The molecule has 0 radical (unpaired) electrons. The van der Waals surface area contributed by atoms with E-state index < -0.39 is 0 Å². The van der Waals surface area contributed by atoms with E-state index in [0.29, 0.717) is 5.92 Å². The minimum Gasteiger partial charge on any atom is -0.307 e. The summed E-state index contributed by atoms with van der Waals surface area (Å²) in [7, 11) is 0. The van der Waals surface area contributed by atoms with Crippen LogP contribution in [0.5, 0.6) is 0 Å². The standard InChI is InChI=1S/C14H21N/c1-5-15-14(12(4)11(2)3)13-9-7-6-8-10-13/h6-11,14-15H,4-5H2,1-3H3. The maximum Gasteiger partial charge on any atom is 0.0535 e. The normalized spacial score (nSPS) is 12.8. The van der Waals surface area contributed by atoms with Crippen LogP contribution in [0.25, 0.3) is 0 Å². The average molecular weight is 203 g/mol. The number of hydrogen-bond acceptors (Lipinski definition) is 1. The molecule has 0 amide bonds. The van der Waals surface area contributed by atoms with Gasteiger partial charge in [0.25, 0.3) is 0 Å². The molecule has 1 N–H and O–H groups in total. The molecule has 1 unspecified atom stereocenters. The molecule has 82 valence electrons. The third-order valence-electron chi connectivity index (χ3n) is 2.65. The van der Waals surface area contributed by atoms with Crippen molar-refractivity contribution in [2.24, 2.45) is 5.92 Å². The molecular formula is C14H21N. The smallest absolute Gasteiger partial charge is 0.0535 e. The fraction of sp³-hybridized carbons (Fsp3) is 0.429. The van der Waals surface area contributed by atoms with Gasteiger partial charge in [-0.2, -0.15) is 0 Å². The molecule has 0 bridgehead atoms. The van der Waals surface area contributed by atoms with Gasteiger partial charge in [0.2, 0.25) is 0 Å². The molecular weight excluding hydrogens is 182 g/mol. The minimum atomic E-state index is 0.288. The first-order valence-corrected chi connectivity index (χ1v) is 5.63. The van der Waals surface area contributed by atoms with E-state index in [9.17, 15) is 0 Å². The number of likely N-dealkylation sites (N-methyl/N-ethyl adjacent to an activating group) is 1. The lowest BCUT2D eigenvalue weighted by molar-refractivity contribution is 0.561. The Morgan fingerprint density at radius 2 is 1.87 bits per heavy atom. The highest BCUT2D eigenvalue weighted by Crippen LogP contribution is 2.25. The summed E-state index contributed by atoms with van der Waals surface area (Å²) in [5.41, 5.74) is 2.56. The van der Waals surface area contributed by atoms with E-state index in [1.807, 2.05) is 6.07 Å². The van der Waals surface area contributed by atoms with Crippen molar-refractivity contribution in [3.8, 4) is 0 Å². The van der Waals surface area contributed by atoms with Crippen LogP contribution in [0.1, 0.15) is 32.4 Å². The lowest BCUT2D eigenvalue weighted by Gasteiger charge is -2.23. The fourth-order valence-electron chi connectivity index (χ4n) is 1.65.